The van der Waals surface area contributed by atoms with Gasteiger partial charge in [0.1, 0.15) is 5.82 Å². The lowest BCUT2D eigenvalue weighted by molar-refractivity contribution is -0.384. The SMILES string of the molecule is O=C(NCc1ccccc1)c1cc([N+](=O)[O-])ccc1F. The zero-order valence-corrected chi connectivity index (χ0v) is 10.4. The topological polar surface area (TPSA) is 72.2 Å². The van der Waals surface area contributed by atoms with Crippen LogP contribution in [-0.2, 0) is 6.54 Å². The molecule has 0 atom stereocenters. The van der Waals surface area contributed by atoms with Gasteiger partial charge in [-0.15, -0.1) is 0 Å². The van der Waals surface area contributed by atoms with Gasteiger partial charge in [0.05, 0.1) is 10.5 Å². The molecule has 0 heterocycles. The van der Waals surface area contributed by atoms with E-state index in [9.17, 15) is 19.3 Å². The van der Waals surface area contributed by atoms with E-state index >= 15 is 0 Å². The first-order valence-electron chi connectivity index (χ1n) is 5.84. The molecule has 2 rings (SSSR count). The lowest BCUT2D eigenvalue weighted by atomic mass is 10.1. The second-order valence-corrected chi connectivity index (χ2v) is 4.09. The quantitative estimate of drug-likeness (QED) is 0.688. The highest BCUT2D eigenvalue weighted by molar-refractivity contribution is 5.95. The van der Waals surface area contributed by atoms with E-state index in [1.807, 2.05) is 30.3 Å². The molecular formula is C14H11FN2O3. The fourth-order valence-corrected chi connectivity index (χ4v) is 1.67. The molecule has 6 heteroatoms. The van der Waals surface area contributed by atoms with Gasteiger partial charge < -0.3 is 5.32 Å². The van der Waals surface area contributed by atoms with E-state index in [2.05, 4.69) is 5.32 Å². The lowest BCUT2D eigenvalue weighted by Gasteiger charge is -2.06. The summed E-state index contributed by atoms with van der Waals surface area (Å²) in [5, 5.41) is 13.1. The number of amides is 1. The van der Waals surface area contributed by atoms with Crippen molar-refractivity contribution in [3.05, 3.63) is 75.6 Å². The summed E-state index contributed by atoms with van der Waals surface area (Å²) < 4.78 is 13.5. The molecule has 2 aromatic rings. The second-order valence-electron chi connectivity index (χ2n) is 4.09. The number of nitro benzene ring substituents is 1. The van der Waals surface area contributed by atoms with Gasteiger partial charge in [0.25, 0.3) is 11.6 Å². The van der Waals surface area contributed by atoms with Crippen molar-refractivity contribution in [3.63, 3.8) is 0 Å². The predicted molar refractivity (Wildman–Crippen MR) is 70.7 cm³/mol. The number of halogens is 1. The number of nitrogens with zero attached hydrogens (tertiary/aromatic N) is 1. The number of rotatable bonds is 4. The summed E-state index contributed by atoms with van der Waals surface area (Å²) >= 11 is 0. The van der Waals surface area contributed by atoms with Crippen LogP contribution >= 0.6 is 0 Å². The number of non-ortho nitro benzene ring substituents is 1. The van der Waals surface area contributed by atoms with Crippen molar-refractivity contribution >= 4 is 11.6 Å². The predicted octanol–water partition coefficient (Wildman–Crippen LogP) is 2.66. The molecule has 2 aromatic carbocycles. The Labute approximate surface area is 114 Å². The smallest absolute Gasteiger partial charge is 0.270 e. The molecule has 5 nitrogen and oxygen atoms in total. The first-order valence-corrected chi connectivity index (χ1v) is 5.84. The fraction of sp³-hybridized carbons (Fsp3) is 0.0714. The Bertz CT molecular complexity index is 644. The monoisotopic (exact) mass is 274 g/mol. The average Bonchev–Trinajstić information content (AvgIpc) is 2.46. The zero-order valence-electron chi connectivity index (χ0n) is 10.4. The van der Waals surface area contributed by atoms with Crippen LogP contribution in [0.15, 0.2) is 48.5 Å². The van der Waals surface area contributed by atoms with Gasteiger partial charge in [-0.2, -0.15) is 0 Å². The summed E-state index contributed by atoms with van der Waals surface area (Å²) in [4.78, 5) is 21.8. The van der Waals surface area contributed by atoms with Crippen molar-refractivity contribution in [2.24, 2.45) is 0 Å². The molecule has 0 aliphatic rings. The number of carbonyl (C=O) groups excluding carboxylic acids is 1. The van der Waals surface area contributed by atoms with Gasteiger partial charge in [0.2, 0.25) is 0 Å². The van der Waals surface area contributed by atoms with Crippen molar-refractivity contribution in [1.29, 1.82) is 0 Å². The molecule has 0 saturated carbocycles. The van der Waals surface area contributed by atoms with Crippen LogP contribution in [-0.4, -0.2) is 10.8 Å². The molecule has 0 fully saturated rings. The van der Waals surface area contributed by atoms with Gasteiger partial charge in [-0.1, -0.05) is 30.3 Å². The van der Waals surface area contributed by atoms with Crippen molar-refractivity contribution in [1.82, 2.24) is 5.32 Å². The number of hydrogen-bond donors (Lipinski definition) is 1. The summed E-state index contributed by atoms with van der Waals surface area (Å²) in [7, 11) is 0. The summed E-state index contributed by atoms with van der Waals surface area (Å²) in [6, 6.07) is 11.9. The second kappa shape index (κ2) is 5.92. The minimum atomic E-state index is -0.791. The fourth-order valence-electron chi connectivity index (χ4n) is 1.67. The lowest BCUT2D eigenvalue weighted by Crippen LogP contribution is -2.23. The van der Waals surface area contributed by atoms with Crippen LogP contribution in [0.1, 0.15) is 15.9 Å². The van der Waals surface area contributed by atoms with Crippen LogP contribution < -0.4 is 5.32 Å². The largest absolute Gasteiger partial charge is 0.348 e. The molecule has 1 amide bonds. The molecule has 0 aliphatic heterocycles. The van der Waals surface area contributed by atoms with E-state index < -0.39 is 16.6 Å². The van der Waals surface area contributed by atoms with Crippen molar-refractivity contribution in [2.75, 3.05) is 0 Å². The molecule has 0 spiro atoms. The highest BCUT2D eigenvalue weighted by Gasteiger charge is 2.16. The molecule has 0 radical (unpaired) electrons. The van der Waals surface area contributed by atoms with E-state index in [4.69, 9.17) is 0 Å². The van der Waals surface area contributed by atoms with Gasteiger partial charge in [-0.05, 0) is 11.6 Å². The van der Waals surface area contributed by atoms with Crippen LogP contribution in [0, 0.1) is 15.9 Å². The number of nitrogens with one attached hydrogen (secondary N) is 1. The van der Waals surface area contributed by atoms with Crippen LogP contribution in [0.5, 0.6) is 0 Å². The standard InChI is InChI=1S/C14H11FN2O3/c15-13-7-6-11(17(19)20)8-12(13)14(18)16-9-10-4-2-1-3-5-10/h1-8H,9H2,(H,16,18). The summed E-state index contributed by atoms with van der Waals surface area (Å²) in [5.41, 5.74) is 0.193. The number of hydrogen-bond acceptors (Lipinski definition) is 3. The van der Waals surface area contributed by atoms with E-state index in [0.717, 1.165) is 23.8 Å². The molecule has 0 aliphatic carbocycles. The third-order valence-corrected chi connectivity index (χ3v) is 2.70. The Morgan fingerprint density at radius 2 is 1.90 bits per heavy atom. The average molecular weight is 274 g/mol. The van der Waals surface area contributed by atoms with Crippen molar-refractivity contribution in [3.8, 4) is 0 Å². The minimum Gasteiger partial charge on any atom is -0.348 e. The van der Waals surface area contributed by atoms with Gasteiger partial charge in [0.15, 0.2) is 0 Å². The van der Waals surface area contributed by atoms with Crippen LogP contribution in [0.25, 0.3) is 0 Å². The summed E-state index contributed by atoms with van der Waals surface area (Å²) in [5.74, 6) is -1.48. The normalized spacial score (nSPS) is 10.1. The third-order valence-electron chi connectivity index (χ3n) is 2.70. The Kier molecular flexibility index (Phi) is 4.05. The Morgan fingerprint density at radius 3 is 2.55 bits per heavy atom. The van der Waals surface area contributed by atoms with Crippen LogP contribution in [0.3, 0.4) is 0 Å². The molecule has 0 saturated heterocycles. The van der Waals surface area contributed by atoms with E-state index in [1.165, 1.54) is 0 Å². The molecule has 0 aromatic heterocycles. The molecular weight excluding hydrogens is 263 g/mol. The van der Waals surface area contributed by atoms with Gasteiger partial charge in [-0.25, -0.2) is 4.39 Å². The van der Waals surface area contributed by atoms with Gasteiger partial charge in [0, 0.05) is 18.7 Å². The molecule has 0 bridgehead atoms. The first-order chi connectivity index (χ1) is 9.58. The van der Waals surface area contributed by atoms with Gasteiger partial charge in [-0.3, -0.25) is 14.9 Å². The molecule has 0 unspecified atom stereocenters. The minimum absolute atomic E-state index is 0.224. The van der Waals surface area contributed by atoms with E-state index in [0.29, 0.717) is 0 Å². The number of benzene rings is 2. The van der Waals surface area contributed by atoms with Crippen LogP contribution in [0.4, 0.5) is 10.1 Å². The maximum Gasteiger partial charge on any atom is 0.270 e. The highest BCUT2D eigenvalue weighted by Crippen LogP contribution is 2.16. The molecule has 1 N–H and O–H groups in total. The maximum absolute atomic E-state index is 13.5. The first kappa shape index (κ1) is 13.7. The van der Waals surface area contributed by atoms with E-state index in [-0.39, 0.29) is 17.8 Å². The molecule has 20 heavy (non-hydrogen) atoms. The van der Waals surface area contributed by atoms with E-state index in [1.54, 1.807) is 0 Å². The summed E-state index contributed by atoms with van der Waals surface area (Å²) in [6.07, 6.45) is 0. The maximum atomic E-state index is 13.5. The zero-order chi connectivity index (χ0) is 14.5. The third kappa shape index (κ3) is 3.17. The highest BCUT2D eigenvalue weighted by atomic mass is 19.1. The molecule has 102 valence electrons. The number of nitro groups is 1. The Balaban J connectivity index is 2.13. The summed E-state index contributed by atoms with van der Waals surface area (Å²) in [6.45, 7) is 0.224. The van der Waals surface area contributed by atoms with Crippen molar-refractivity contribution in [2.45, 2.75) is 6.54 Å². The van der Waals surface area contributed by atoms with Gasteiger partial charge >= 0.3 is 0 Å². The van der Waals surface area contributed by atoms with Crippen molar-refractivity contribution < 1.29 is 14.1 Å². The Morgan fingerprint density at radius 1 is 1.20 bits per heavy atom. The van der Waals surface area contributed by atoms with Crippen LogP contribution in [0.2, 0.25) is 0 Å². The Hall–Kier alpha value is -2.76. The number of carbonyl (C=O) groups is 1.